The summed E-state index contributed by atoms with van der Waals surface area (Å²) >= 11 is 0. The van der Waals surface area contributed by atoms with Crippen LogP contribution >= 0.6 is 0 Å². The summed E-state index contributed by atoms with van der Waals surface area (Å²) in [5, 5.41) is 3.36. The molecular weight excluding hydrogens is 238 g/mol. The maximum absolute atomic E-state index is 5.41. The van der Waals surface area contributed by atoms with Gasteiger partial charge in [0, 0.05) is 30.5 Å². The number of likely N-dealkylation sites (N-methyl/N-ethyl adjacent to an activating group) is 1. The van der Waals surface area contributed by atoms with Crippen molar-refractivity contribution in [1.82, 2.24) is 15.3 Å². The number of aryl methyl sites for hydroxylation is 2. The standard InChI is InChI=1S/C15H25N3O/c1-4-16-8-5-14-11(2)17-15(18-12(14)3)13-6-9-19-10-7-13/h13,16H,4-10H2,1-3H3. The molecule has 2 heterocycles. The molecule has 4 nitrogen and oxygen atoms in total. The second-order valence-corrected chi connectivity index (χ2v) is 5.22. The molecule has 1 aromatic rings. The van der Waals surface area contributed by atoms with E-state index in [0.29, 0.717) is 5.92 Å². The van der Waals surface area contributed by atoms with Crippen LogP contribution in [0.2, 0.25) is 0 Å². The molecule has 1 aliphatic heterocycles. The highest BCUT2D eigenvalue weighted by Crippen LogP contribution is 2.25. The van der Waals surface area contributed by atoms with Crippen molar-refractivity contribution < 1.29 is 4.74 Å². The maximum Gasteiger partial charge on any atom is 0.132 e. The van der Waals surface area contributed by atoms with E-state index in [1.54, 1.807) is 0 Å². The quantitative estimate of drug-likeness (QED) is 0.827. The van der Waals surface area contributed by atoms with Gasteiger partial charge in [0.2, 0.25) is 0 Å². The topological polar surface area (TPSA) is 47.0 Å². The van der Waals surface area contributed by atoms with Crippen LogP contribution in [0.4, 0.5) is 0 Å². The van der Waals surface area contributed by atoms with Gasteiger partial charge in [-0.3, -0.25) is 0 Å². The Labute approximate surface area is 116 Å². The van der Waals surface area contributed by atoms with E-state index in [1.165, 1.54) is 5.56 Å². The number of rotatable bonds is 5. The van der Waals surface area contributed by atoms with E-state index < -0.39 is 0 Å². The van der Waals surface area contributed by atoms with Crippen molar-refractivity contribution in [1.29, 1.82) is 0 Å². The third-order valence-electron chi connectivity index (χ3n) is 3.83. The van der Waals surface area contributed by atoms with Crippen LogP contribution in [0.1, 0.15) is 48.5 Å². The maximum atomic E-state index is 5.41. The monoisotopic (exact) mass is 263 g/mol. The summed E-state index contributed by atoms with van der Waals surface area (Å²) in [6.07, 6.45) is 3.12. The lowest BCUT2D eigenvalue weighted by Crippen LogP contribution is -2.20. The van der Waals surface area contributed by atoms with Crippen LogP contribution in [0.3, 0.4) is 0 Å². The van der Waals surface area contributed by atoms with Crippen molar-refractivity contribution in [2.45, 2.75) is 46.0 Å². The fourth-order valence-corrected chi connectivity index (χ4v) is 2.66. The lowest BCUT2D eigenvalue weighted by Gasteiger charge is -2.22. The third-order valence-corrected chi connectivity index (χ3v) is 3.83. The number of nitrogens with one attached hydrogen (secondary N) is 1. The zero-order valence-electron chi connectivity index (χ0n) is 12.3. The molecule has 2 rings (SSSR count). The van der Waals surface area contributed by atoms with Gasteiger partial charge in [0.05, 0.1) is 0 Å². The van der Waals surface area contributed by atoms with Gasteiger partial charge in [0.15, 0.2) is 0 Å². The van der Waals surface area contributed by atoms with E-state index in [2.05, 4.69) is 26.1 Å². The van der Waals surface area contributed by atoms with E-state index in [1.807, 2.05) is 0 Å². The third kappa shape index (κ3) is 3.74. The Balaban J connectivity index is 2.11. The predicted octanol–water partition coefficient (Wildman–Crippen LogP) is 2.14. The molecule has 1 saturated heterocycles. The second-order valence-electron chi connectivity index (χ2n) is 5.22. The zero-order valence-corrected chi connectivity index (χ0v) is 12.3. The van der Waals surface area contributed by atoms with Gasteiger partial charge in [0.25, 0.3) is 0 Å². The number of hydrogen-bond acceptors (Lipinski definition) is 4. The molecule has 19 heavy (non-hydrogen) atoms. The number of nitrogens with zero attached hydrogens (tertiary/aromatic N) is 2. The van der Waals surface area contributed by atoms with E-state index in [0.717, 1.165) is 62.8 Å². The van der Waals surface area contributed by atoms with Gasteiger partial charge in [-0.1, -0.05) is 6.92 Å². The zero-order chi connectivity index (χ0) is 13.7. The average molecular weight is 263 g/mol. The fourth-order valence-electron chi connectivity index (χ4n) is 2.66. The second kappa shape index (κ2) is 6.96. The Kier molecular flexibility index (Phi) is 5.28. The van der Waals surface area contributed by atoms with E-state index in [4.69, 9.17) is 14.7 Å². The highest BCUT2D eigenvalue weighted by Gasteiger charge is 2.20. The SMILES string of the molecule is CCNCCc1c(C)nc(C2CCOCC2)nc1C. The van der Waals surface area contributed by atoms with Gasteiger partial charge in [-0.05, 0) is 51.8 Å². The largest absolute Gasteiger partial charge is 0.381 e. The summed E-state index contributed by atoms with van der Waals surface area (Å²) in [5.41, 5.74) is 3.59. The first-order valence-corrected chi connectivity index (χ1v) is 7.34. The van der Waals surface area contributed by atoms with E-state index in [9.17, 15) is 0 Å². The van der Waals surface area contributed by atoms with Gasteiger partial charge in [-0.25, -0.2) is 9.97 Å². The van der Waals surface area contributed by atoms with Crippen LogP contribution in [-0.2, 0) is 11.2 Å². The first kappa shape index (κ1) is 14.4. The summed E-state index contributed by atoms with van der Waals surface area (Å²) < 4.78 is 5.41. The molecule has 0 unspecified atom stereocenters. The summed E-state index contributed by atoms with van der Waals surface area (Å²) in [4.78, 5) is 9.48. The number of aromatic nitrogens is 2. The first-order valence-electron chi connectivity index (χ1n) is 7.34. The van der Waals surface area contributed by atoms with Crippen LogP contribution < -0.4 is 5.32 Å². The molecule has 0 aliphatic carbocycles. The lowest BCUT2D eigenvalue weighted by molar-refractivity contribution is 0.0835. The number of hydrogen-bond donors (Lipinski definition) is 1. The molecule has 0 radical (unpaired) electrons. The number of ether oxygens (including phenoxy) is 1. The highest BCUT2D eigenvalue weighted by atomic mass is 16.5. The Morgan fingerprint density at radius 3 is 2.37 bits per heavy atom. The molecule has 0 aromatic carbocycles. The Hall–Kier alpha value is -1.00. The van der Waals surface area contributed by atoms with Gasteiger partial charge in [0.1, 0.15) is 5.82 Å². The van der Waals surface area contributed by atoms with Gasteiger partial charge in [-0.15, -0.1) is 0 Å². The smallest absolute Gasteiger partial charge is 0.132 e. The summed E-state index contributed by atoms with van der Waals surface area (Å²) in [5.74, 6) is 1.50. The normalized spacial score (nSPS) is 16.8. The molecule has 0 saturated carbocycles. The molecule has 1 N–H and O–H groups in total. The predicted molar refractivity (Wildman–Crippen MR) is 76.5 cm³/mol. The van der Waals surface area contributed by atoms with Crippen LogP contribution in [0, 0.1) is 13.8 Å². The van der Waals surface area contributed by atoms with Crippen LogP contribution in [0.15, 0.2) is 0 Å². The van der Waals surface area contributed by atoms with Gasteiger partial charge < -0.3 is 10.1 Å². The molecule has 0 amide bonds. The first-order chi connectivity index (χ1) is 9.22. The van der Waals surface area contributed by atoms with Gasteiger partial charge >= 0.3 is 0 Å². The van der Waals surface area contributed by atoms with Crippen molar-refractivity contribution in [3.05, 3.63) is 22.8 Å². The average Bonchev–Trinajstić information content (AvgIpc) is 2.43. The Morgan fingerprint density at radius 1 is 1.16 bits per heavy atom. The molecule has 0 atom stereocenters. The minimum Gasteiger partial charge on any atom is -0.381 e. The van der Waals surface area contributed by atoms with E-state index >= 15 is 0 Å². The minimum atomic E-state index is 0.481. The van der Waals surface area contributed by atoms with E-state index in [-0.39, 0.29) is 0 Å². The van der Waals surface area contributed by atoms with Crippen LogP contribution in [-0.4, -0.2) is 36.3 Å². The van der Waals surface area contributed by atoms with Crippen molar-refractivity contribution >= 4 is 0 Å². The molecule has 4 heteroatoms. The summed E-state index contributed by atoms with van der Waals surface area (Å²) in [7, 11) is 0. The van der Waals surface area contributed by atoms with Crippen LogP contribution in [0.5, 0.6) is 0 Å². The lowest BCUT2D eigenvalue weighted by atomic mass is 9.98. The van der Waals surface area contributed by atoms with Gasteiger partial charge in [-0.2, -0.15) is 0 Å². The summed E-state index contributed by atoms with van der Waals surface area (Å²) in [6.45, 7) is 10.0. The molecule has 1 aliphatic rings. The van der Waals surface area contributed by atoms with Crippen molar-refractivity contribution in [2.24, 2.45) is 0 Å². The van der Waals surface area contributed by atoms with Crippen LogP contribution in [0.25, 0.3) is 0 Å². The molecule has 0 bridgehead atoms. The summed E-state index contributed by atoms with van der Waals surface area (Å²) in [6, 6.07) is 0. The Morgan fingerprint density at radius 2 is 1.79 bits per heavy atom. The molecule has 1 aromatic heterocycles. The highest BCUT2D eigenvalue weighted by molar-refractivity contribution is 5.25. The Bertz CT molecular complexity index is 391. The molecule has 106 valence electrons. The fraction of sp³-hybridized carbons (Fsp3) is 0.733. The molecule has 0 spiro atoms. The van der Waals surface area contributed by atoms with Crippen molar-refractivity contribution in [3.8, 4) is 0 Å². The van der Waals surface area contributed by atoms with Crippen molar-refractivity contribution in [3.63, 3.8) is 0 Å². The molecular formula is C15H25N3O. The van der Waals surface area contributed by atoms with Crippen molar-refractivity contribution in [2.75, 3.05) is 26.3 Å². The molecule has 1 fully saturated rings. The minimum absolute atomic E-state index is 0.481.